The number of amides is 1. The molecule has 0 unspecified atom stereocenters. The number of rotatable bonds is 5. The molecule has 2 rings (SSSR count). The minimum Gasteiger partial charge on any atom is -0.495 e. The van der Waals surface area contributed by atoms with Crippen LogP contribution in [0.4, 0.5) is 5.69 Å². The number of para-hydroxylation sites is 2. The third-order valence-corrected chi connectivity index (χ3v) is 2.60. The van der Waals surface area contributed by atoms with Crippen LogP contribution in [0.1, 0.15) is 5.69 Å². The molecule has 0 saturated heterocycles. The Bertz CT molecular complexity index is 565. The Morgan fingerprint density at radius 1 is 1.47 bits per heavy atom. The highest BCUT2D eigenvalue weighted by Crippen LogP contribution is 2.22. The van der Waals surface area contributed by atoms with E-state index in [1.165, 1.54) is 0 Å². The average molecular weight is 260 g/mol. The fourth-order valence-electron chi connectivity index (χ4n) is 1.70. The number of imidazole rings is 1. The van der Waals surface area contributed by atoms with Gasteiger partial charge in [0.15, 0.2) is 0 Å². The third-order valence-electron chi connectivity index (χ3n) is 2.60. The summed E-state index contributed by atoms with van der Waals surface area (Å²) in [6.07, 6.45) is 3.34. The number of nitrogens with zero attached hydrogens (tertiary/aromatic N) is 2. The van der Waals surface area contributed by atoms with Crippen molar-refractivity contribution in [2.75, 3.05) is 12.4 Å². The number of hydrogen-bond acceptors (Lipinski definition) is 4. The van der Waals surface area contributed by atoms with E-state index >= 15 is 0 Å². The highest BCUT2D eigenvalue weighted by molar-refractivity contribution is 5.92. The second-order valence-electron chi connectivity index (χ2n) is 3.99. The number of carbonyl (C=O) groups excluding carboxylic acids is 1. The molecule has 19 heavy (non-hydrogen) atoms. The van der Waals surface area contributed by atoms with Crippen LogP contribution in [0.2, 0.25) is 0 Å². The summed E-state index contributed by atoms with van der Waals surface area (Å²) in [6, 6.07) is 7.26. The number of nitrogens with two attached hydrogens (primary N) is 1. The maximum Gasteiger partial charge on any atom is 0.244 e. The first-order valence-electron chi connectivity index (χ1n) is 5.86. The van der Waals surface area contributed by atoms with E-state index in [1.54, 1.807) is 36.3 Å². The van der Waals surface area contributed by atoms with Crippen molar-refractivity contribution in [1.82, 2.24) is 9.55 Å². The minimum absolute atomic E-state index is 0.148. The van der Waals surface area contributed by atoms with Crippen molar-refractivity contribution in [2.45, 2.75) is 13.1 Å². The molecule has 0 aliphatic heterocycles. The molecule has 100 valence electrons. The minimum atomic E-state index is -0.148. The van der Waals surface area contributed by atoms with Crippen LogP contribution in [0.5, 0.6) is 5.75 Å². The Labute approximate surface area is 111 Å². The average Bonchev–Trinajstić information content (AvgIpc) is 2.87. The van der Waals surface area contributed by atoms with Gasteiger partial charge >= 0.3 is 0 Å². The van der Waals surface area contributed by atoms with Crippen LogP contribution >= 0.6 is 0 Å². The molecule has 0 fully saturated rings. The Kier molecular flexibility index (Phi) is 4.15. The van der Waals surface area contributed by atoms with Crippen molar-refractivity contribution in [3.63, 3.8) is 0 Å². The molecule has 0 atom stereocenters. The third kappa shape index (κ3) is 3.32. The molecule has 3 N–H and O–H groups in total. The summed E-state index contributed by atoms with van der Waals surface area (Å²) in [4.78, 5) is 16.0. The van der Waals surface area contributed by atoms with Crippen LogP contribution in [-0.4, -0.2) is 22.6 Å². The van der Waals surface area contributed by atoms with Gasteiger partial charge in [0.1, 0.15) is 12.3 Å². The second-order valence-corrected chi connectivity index (χ2v) is 3.99. The molecule has 6 nitrogen and oxygen atoms in total. The molecular weight excluding hydrogens is 244 g/mol. The molecule has 1 aromatic heterocycles. The van der Waals surface area contributed by atoms with Crippen molar-refractivity contribution in [1.29, 1.82) is 0 Å². The number of carbonyl (C=O) groups is 1. The maximum absolute atomic E-state index is 11.9. The van der Waals surface area contributed by atoms with Crippen LogP contribution in [-0.2, 0) is 17.9 Å². The summed E-state index contributed by atoms with van der Waals surface area (Å²) in [6.45, 7) is 0.548. The van der Waals surface area contributed by atoms with Crippen molar-refractivity contribution in [3.05, 3.63) is 42.5 Å². The summed E-state index contributed by atoms with van der Waals surface area (Å²) in [5.41, 5.74) is 6.86. The molecule has 0 aliphatic carbocycles. The topological polar surface area (TPSA) is 82.2 Å². The van der Waals surface area contributed by atoms with E-state index in [1.807, 2.05) is 12.1 Å². The van der Waals surface area contributed by atoms with Gasteiger partial charge in [0.05, 0.1) is 24.8 Å². The van der Waals surface area contributed by atoms with Gasteiger partial charge in [0.25, 0.3) is 0 Å². The summed E-state index contributed by atoms with van der Waals surface area (Å²) in [7, 11) is 1.56. The predicted molar refractivity (Wildman–Crippen MR) is 71.7 cm³/mol. The summed E-state index contributed by atoms with van der Waals surface area (Å²) in [5, 5.41) is 2.79. The molecule has 6 heteroatoms. The maximum atomic E-state index is 11.9. The molecule has 0 aliphatic rings. The lowest BCUT2D eigenvalue weighted by atomic mass is 10.3. The Morgan fingerprint density at radius 3 is 2.95 bits per heavy atom. The van der Waals surface area contributed by atoms with Gasteiger partial charge in [-0.3, -0.25) is 4.79 Å². The van der Waals surface area contributed by atoms with Gasteiger partial charge in [-0.25, -0.2) is 4.98 Å². The Balaban J connectivity index is 2.01. The number of ether oxygens (including phenoxy) is 1. The molecular formula is C13H16N4O2. The van der Waals surface area contributed by atoms with E-state index < -0.39 is 0 Å². The zero-order chi connectivity index (χ0) is 13.7. The van der Waals surface area contributed by atoms with E-state index in [0.29, 0.717) is 18.0 Å². The molecule has 1 heterocycles. The number of hydrogen-bond donors (Lipinski definition) is 2. The predicted octanol–water partition coefficient (Wildman–Crippen LogP) is 0.989. The van der Waals surface area contributed by atoms with E-state index in [9.17, 15) is 4.79 Å². The van der Waals surface area contributed by atoms with Gasteiger partial charge in [0, 0.05) is 12.7 Å². The van der Waals surface area contributed by atoms with Crippen LogP contribution in [0.25, 0.3) is 0 Å². The lowest BCUT2D eigenvalue weighted by Crippen LogP contribution is -2.18. The van der Waals surface area contributed by atoms with Gasteiger partial charge < -0.3 is 20.4 Å². The number of benzene rings is 1. The molecule has 1 amide bonds. The number of anilines is 1. The first kappa shape index (κ1) is 13.1. The Morgan fingerprint density at radius 2 is 2.26 bits per heavy atom. The van der Waals surface area contributed by atoms with Crippen molar-refractivity contribution < 1.29 is 9.53 Å². The first-order chi connectivity index (χ1) is 9.22. The Hall–Kier alpha value is -2.34. The number of methoxy groups -OCH3 is 1. The fraction of sp³-hybridized carbons (Fsp3) is 0.231. The lowest BCUT2D eigenvalue weighted by molar-refractivity contribution is -0.116. The highest BCUT2D eigenvalue weighted by Gasteiger charge is 2.07. The normalized spacial score (nSPS) is 10.2. The van der Waals surface area contributed by atoms with Crippen LogP contribution < -0.4 is 15.8 Å². The van der Waals surface area contributed by atoms with E-state index in [-0.39, 0.29) is 12.5 Å². The van der Waals surface area contributed by atoms with Crippen molar-refractivity contribution in [2.24, 2.45) is 5.73 Å². The number of aromatic nitrogens is 2. The number of nitrogens with one attached hydrogen (secondary N) is 1. The zero-order valence-electron chi connectivity index (χ0n) is 10.7. The van der Waals surface area contributed by atoms with E-state index in [2.05, 4.69) is 10.3 Å². The molecule has 2 aromatic rings. The van der Waals surface area contributed by atoms with Gasteiger partial charge in [-0.05, 0) is 12.1 Å². The quantitative estimate of drug-likeness (QED) is 0.840. The molecule has 0 spiro atoms. The highest BCUT2D eigenvalue weighted by atomic mass is 16.5. The molecule has 0 radical (unpaired) electrons. The van der Waals surface area contributed by atoms with Gasteiger partial charge in [-0.1, -0.05) is 12.1 Å². The fourth-order valence-corrected chi connectivity index (χ4v) is 1.70. The van der Waals surface area contributed by atoms with Gasteiger partial charge in [0.2, 0.25) is 5.91 Å². The first-order valence-corrected chi connectivity index (χ1v) is 5.86. The van der Waals surface area contributed by atoms with E-state index in [4.69, 9.17) is 10.5 Å². The SMILES string of the molecule is COc1ccccc1NC(=O)Cn1cnc(CN)c1. The van der Waals surface area contributed by atoms with Crippen LogP contribution in [0, 0.1) is 0 Å². The van der Waals surface area contributed by atoms with Crippen LogP contribution in [0.15, 0.2) is 36.8 Å². The molecule has 0 saturated carbocycles. The summed E-state index contributed by atoms with van der Waals surface area (Å²) >= 11 is 0. The van der Waals surface area contributed by atoms with Crippen molar-refractivity contribution in [3.8, 4) is 5.75 Å². The second kappa shape index (κ2) is 6.01. The summed E-state index contributed by atoms with van der Waals surface area (Å²) < 4.78 is 6.85. The smallest absolute Gasteiger partial charge is 0.244 e. The largest absolute Gasteiger partial charge is 0.495 e. The van der Waals surface area contributed by atoms with Gasteiger partial charge in [-0.15, -0.1) is 0 Å². The lowest BCUT2D eigenvalue weighted by Gasteiger charge is -2.09. The van der Waals surface area contributed by atoms with E-state index in [0.717, 1.165) is 5.69 Å². The van der Waals surface area contributed by atoms with Crippen LogP contribution in [0.3, 0.4) is 0 Å². The zero-order valence-corrected chi connectivity index (χ0v) is 10.7. The standard InChI is InChI=1S/C13H16N4O2/c1-19-12-5-3-2-4-11(12)16-13(18)8-17-7-10(6-14)15-9-17/h2-5,7,9H,6,8,14H2,1H3,(H,16,18). The molecule has 0 bridgehead atoms. The molecule has 1 aromatic carbocycles. The monoisotopic (exact) mass is 260 g/mol. The van der Waals surface area contributed by atoms with Gasteiger partial charge in [-0.2, -0.15) is 0 Å². The van der Waals surface area contributed by atoms with Crippen molar-refractivity contribution >= 4 is 11.6 Å². The summed E-state index contributed by atoms with van der Waals surface area (Å²) in [5.74, 6) is 0.481.